The Morgan fingerprint density at radius 1 is 1.14 bits per heavy atom. The molecule has 0 aliphatic carbocycles. The Kier molecular flexibility index (Phi) is 7.35. The summed E-state index contributed by atoms with van der Waals surface area (Å²) in [7, 11) is 0. The molecule has 1 amide bonds. The fourth-order valence-electron chi connectivity index (χ4n) is 2.40. The molecule has 2 aromatic carbocycles. The van der Waals surface area contributed by atoms with E-state index in [0.717, 1.165) is 11.1 Å². The van der Waals surface area contributed by atoms with Crippen molar-refractivity contribution in [1.82, 2.24) is 0 Å². The van der Waals surface area contributed by atoms with Gasteiger partial charge in [0.2, 0.25) is 0 Å². The number of esters is 1. The highest BCUT2D eigenvalue weighted by molar-refractivity contribution is 6.00. The van der Waals surface area contributed by atoms with Crippen molar-refractivity contribution in [2.24, 2.45) is 0 Å². The third-order valence-electron chi connectivity index (χ3n) is 3.84. The van der Waals surface area contributed by atoms with E-state index in [2.05, 4.69) is 5.32 Å². The number of ether oxygens (including phenoxy) is 2. The van der Waals surface area contributed by atoms with Gasteiger partial charge in [0.05, 0.1) is 6.61 Å². The van der Waals surface area contributed by atoms with E-state index >= 15 is 0 Å². The first-order valence-electron chi connectivity index (χ1n) is 8.81. The molecule has 0 heterocycles. The van der Waals surface area contributed by atoms with Crippen LogP contribution in [0.15, 0.2) is 48.0 Å². The molecule has 0 saturated heterocycles. The molecule has 28 heavy (non-hydrogen) atoms. The second-order valence-electron chi connectivity index (χ2n) is 6.11. The van der Waals surface area contributed by atoms with Gasteiger partial charge >= 0.3 is 5.97 Å². The second kappa shape index (κ2) is 9.93. The lowest BCUT2D eigenvalue weighted by Crippen LogP contribution is -2.21. The molecular formula is C22H22N2O4. The molecule has 0 saturated carbocycles. The Morgan fingerprint density at radius 2 is 1.86 bits per heavy atom. The summed E-state index contributed by atoms with van der Waals surface area (Å²) in [6, 6.07) is 14.4. The van der Waals surface area contributed by atoms with Crippen molar-refractivity contribution in [2.75, 3.05) is 18.5 Å². The molecule has 0 fully saturated rings. The molecule has 0 aliphatic rings. The zero-order chi connectivity index (χ0) is 20.5. The Balaban J connectivity index is 1.97. The minimum absolute atomic E-state index is 0.191. The molecule has 0 atom stereocenters. The van der Waals surface area contributed by atoms with Crippen molar-refractivity contribution in [3.63, 3.8) is 0 Å². The van der Waals surface area contributed by atoms with Gasteiger partial charge < -0.3 is 14.8 Å². The molecular weight excluding hydrogens is 356 g/mol. The normalized spacial score (nSPS) is 10.7. The van der Waals surface area contributed by atoms with Crippen LogP contribution < -0.4 is 10.1 Å². The maximum Gasteiger partial charge on any atom is 0.349 e. The van der Waals surface area contributed by atoms with E-state index in [1.165, 1.54) is 6.08 Å². The summed E-state index contributed by atoms with van der Waals surface area (Å²) in [5.41, 5.74) is 3.02. The SMILES string of the molecule is CCOc1ccc(/C=C(\C#N)C(=O)OCC(=O)Nc2cc(C)ccc2C)cc1. The molecule has 6 heteroatoms. The molecule has 0 aliphatic heterocycles. The molecule has 2 rings (SSSR count). The van der Waals surface area contributed by atoms with Crippen molar-refractivity contribution < 1.29 is 19.1 Å². The van der Waals surface area contributed by atoms with Gasteiger partial charge in [-0.3, -0.25) is 4.79 Å². The topological polar surface area (TPSA) is 88.4 Å². The van der Waals surface area contributed by atoms with Gasteiger partial charge in [-0.25, -0.2) is 4.79 Å². The van der Waals surface area contributed by atoms with Crippen LogP contribution >= 0.6 is 0 Å². The van der Waals surface area contributed by atoms with Gasteiger partial charge in [-0.15, -0.1) is 0 Å². The first kappa shape index (κ1) is 20.7. The van der Waals surface area contributed by atoms with Crippen LogP contribution in [0.3, 0.4) is 0 Å². The summed E-state index contributed by atoms with van der Waals surface area (Å²) >= 11 is 0. The summed E-state index contributed by atoms with van der Waals surface area (Å²) in [4.78, 5) is 24.2. The summed E-state index contributed by atoms with van der Waals surface area (Å²) in [5.74, 6) is -0.628. The largest absolute Gasteiger partial charge is 0.494 e. The molecule has 0 unspecified atom stereocenters. The summed E-state index contributed by atoms with van der Waals surface area (Å²) in [5, 5.41) is 11.9. The third-order valence-corrected chi connectivity index (χ3v) is 3.84. The standard InChI is InChI=1S/C22H22N2O4/c1-4-27-19-9-7-17(8-10-19)12-18(13-23)22(26)28-14-21(25)24-20-11-15(2)5-6-16(20)3/h5-12H,4,14H2,1-3H3,(H,24,25)/b18-12+. The Labute approximate surface area is 164 Å². The zero-order valence-electron chi connectivity index (χ0n) is 16.1. The van der Waals surface area contributed by atoms with Crippen molar-refractivity contribution in [3.8, 4) is 11.8 Å². The number of aryl methyl sites for hydroxylation is 2. The lowest BCUT2D eigenvalue weighted by atomic mass is 10.1. The summed E-state index contributed by atoms with van der Waals surface area (Å²) in [6.45, 7) is 5.74. The molecule has 2 aromatic rings. The maximum absolute atomic E-state index is 12.1. The first-order chi connectivity index (χ1) is 13.4. The Morgan fingerprint density at radius 3 is 2.50 bits per heavy atom. The number of nitrogens with zero attached hydrogens (tertiary/aromatic N) is 1. The highest BCUT2D eigenvalue weighted by Gasteiger charge is 2.14. The average molecular weight is 378 g/mol. The van der Waals surface area contributed by atoms with Gasteiger partial charge in [0.25, 0.3) is 5.91 Å². The molecule has 0 aromatic heterocycles. The van der Waals surface area contributed by atoms with Crippen LogP contribution in [0.4, 0.5) is 5.69 Å². The van der Waals surface area contributed by atoms with Crippen LogP contribution in [-0.2, 0) is 14.3 Å². The number of rotatable bonds is 7. The number of anilines is 1. The molecule has 0 bridgehead atoms. The van der Waals surface area contributed by atoms with E-state index in [0.29, 0.717) is 23.6 Å². The summed E-state index contributed by atoms with van der Waals surface area (Å²) in [6.07, 6.45) is 1.40. The Hall–Kier alpha value is -3.59. The average Bonchev–Trinajstić information content (AvgIpc) is 2.68. The Bertz CT molecular complexity index is 925. The number of carbonyl (C=O) groups excluding carboxylic acids is 2. The van der Waals surface area contributed by atoms with Gasteiger partial charge in [0.15, 0.2) is 6.61 Å². The van der Waals surface area contributed by atoms with Gasteiger partial charge in [0.1, 0.15) is 17.4 Å². The number of benzene rings is 2. The van der Waals surface area contributed by atoms with E-state index in [4.69, 9.17) is 9.47 Å². The second-order valence-corrected chi connectivity index (χ2v) is 6.11. The quantitative estimate of drug-likeness (QED) is 0.450. The van der Waals surface area contributed by atoms with E-state index < -0.39 is 18.5 Å². The van der Waals surface area contributed by atoms with Gasteiger partial charge in [-0.05, 0) is 61.7 Å². The van der Waals surface area contributed by atoms with Crippen molar-refractivity contribution in [3.05, 3.63) is 64.7 Å². The van der Waals surface area contributed by atoms with Crippen molar-refractivity contribution in [1.29, 1.82) is 5.26 Å². The predicted molar refractivity (Wildman–Crippen MR) is 107 cm³/mol. The van der Waals surface area contributed by atoms with E-state index in [-0.39, 0.29) is 5.57 Å². The van der Waals surface area contributed by atoms with Gasteiger partial charge in [-0.1, -0.05) is 24.3 Å². The highest BCUT2D eigenvalue weighted by Crippen LogP contribution is 2.17. The molecule has 144 valence electrons. The number of hydrogen-bond acceptors (Lipinski definition) is 5. The lowest BCUT2D eigenvalue weighted by molar-refractivity contribution is -0.142. The number of amides is 1. The highest BCUT2D eigenvalue weighted by atomic mass is 16.5. The van der Waals surface area contributed by atoms with Gasteiger partial charge in [0, 0.05) is 5.69 Å². The fourth-order valence-corrected chi connectivity index (χ4v) is 2.40. The molecule has 0 spiro atoms. The van der Waals surface area contributed by atoms with Crippen LogP contribution in [0.2, 0.25) is 0 Å². The zero-order valence-corrected chi connectivity index (χ0v) is 16.1. The third kappa shape index (κ3) is 5.99. The number of carbonyl (C=O) groups is 2. The number of nitrogens with one attached hydrogen (secondary N) is 1. The van der Waals surface area contributed by atoms with Crippen LogP contribution in [0.1, 0.15) is 23.6 Å². The van der Waals surface area contributed by atoms with Crippen molar-refractivity contribution in [2.45, 2.75) is 20.8 Å². The maximum atomic E-state index is 12.1. The molecule has 1 N–H and O–H groups in total. The van der Waals surface area contributed by atoms with E-state index in [9.17, 15) is 14.9 Å². The van der Waals surface area contributed by atoms with Crippen LogP contribution in [0, 0.1) is 25.2 Å². The first-order valence-corrected chi connectivity index (χ1v) is 8.81. The predicted octanol–water partition coefficient (Wildman–Crippen LogP) is 3.79. The fraction of sp³-hybridized carbons (Fsp3) is 0.227. The minimum atomic E-state index is -0.854. The summed E-state index contributed by atoms with van der Waals surface area (Å²) < 4.78 is 10.3. The van der Waals surface area contributed by atoms with E-state index in [1.54, 1.807) is 30.3 Å². The van der Waals surface area contributed by atoms with E-state index in [1.807, 2.05) is 39.0 Å². The number of hydrogen-bond donors (Lipinski definition) is 1. The van der Waals surface area contributed by atoms with Crippen LogP contribution in [-0.4, -0.2) is 25.1 Å². The lowest BCUT2D eigenvalue weighted by Gasteiger charge is -2.09. The minimum Gasteiger partial charge on any atom is -0.494 e. The van der Waals surface area contributed by atoms with Crippen molar-refractivity contribution >= 4 is 23.6 Å². The van der Waals surface area contributed by atoms with Crippen LogP contribution in [0.5, 0.6) is 5.75 Å². The van der Waals surface area contributed by atoms with Gasteiger partial charge in [-0.2, -0.15) is 5.26 Å². The van der Waals surface area contributed by atoms with Crippen LogP contribution in [0.25, 0.3) is 6.08 Å². The molecule has 0 radical (unpaired) electrons. The molecule has 6 nitrogen and oxygen atoms in total. The number of nitriles is 1. The smallest absolute Gasteiger partial charge is 0.349 e. The monoisotopic (exact) mass is 378 g/mol.